The second-order valence-corrected chi connectivity index (χ2v) is 6.05. The summed E-state index contributed by atoms with van der Waals surface area (Å²) in [4.78, 5) is 31.3. The lowest BCUT2D eigenvalue weighted by molar-refractivity contribution is -0.127. The molecule has 1 aromatic carbocycles. The van der Waals surface area contributed by atoms with Crippen molar-refractivity contribution in [2.24, 2.45) is 0 Å². The average molecular weight is 354 g/mol. The summed E-state index contributed by atoms with van der Waals surface area (Å²) in [5, 5.41) is 1.07. The van der Waals surface area contributed by atoms with Crippen LogP contribution in [0.3, 0.4) is 0 Å². The van der Waals surface area contributed by atoms with E-state index in [1.807, 2.05) is 0 Å². The molecule has 8 heteroatoms. The lowest BCUT2D eigenvalue weighted by atomic mass is 10.3. The summed E-state index contributed by atoms with van der Waals surface area (Å²) < 4.78 is 5.54. The van der Waals surface area contributed by atoms with E-state index in [9.17, 15) is 9.59 Å². The second-order valence-electron chi connectivity index (χ2n) is 4.65. The highest BCUT2D eigenvalue weighted by atomic mass is 35.5. The lowest BCUT2D eigenvalue weighted by Crippen LogP contribution is -2.32. The third-order valence-corrected chi connectivity index (χ3v) is 4.04. The van der Waals surface area contributed by atoms with E-state index in [1.54, 1.807) is 36.2 Å². The van der Waals surface area contributed by atoms with Crippen LogP contribution in [0.25, 0.3) is 0 Å². The number of aromatic amines is 1. The Kier molecular flexibility index (Phi) is 6.49. The van der Waals surface area contributed by atoms with Crippen LogP contribution in [0.2, 0.25) is 5.02 Å². The van der Waals surface area contributed by atoms with Gasteiger partial charge in [-0.05, 0) is 24.3 Å². The Morgan fingerprint density at radius 1 is 1.35 bits per heavy atom. The molecule has 0 spiro atoms. The Hall–Kier alpha value is -1.99. The third-order valence-electron chi connectivity index (χ3n) is 2.92. The van der Waals surface area contributed by atoms with Crippen LogP contribution in [0.15, 0.2) is 46.5 Å². The lowest BCUT2D eigenvalue weighted by Gasteiger charge is -2.17. The van der Waals surface area contributed by atoms with Gasteiger partial charge in [0.05, 0.1) is 12.3 Å². The number of rotatable bonds is 7. The highest BCUT2D eigenvalue weighted by molar-refractivity contribution is 7.99. The third kappa shape index (κ3) is 5.96. The Labute approximate surface area is 142 Å². The first kappa shape index (κ1) is 17.4. The van der Waals surface area contributed by atoms with E-state index in [0.717, 1.165) is 0 Å². The number of amides is 1. The number of nitrogens with one attached hydrogen (secondary N) is 1. The average Bonchev–Trinajstić information content (AvgIpc) is 2.54. The van der Waals surface area contributed by atoms with Crippen LogP contribution in [0.4, 0.5) is 0 Å². The number of nitrogens with zero attached hydrogens (tertiary/aromatic N) is 2. The normalized spacial score (nSPS) is 10.3. The van der Waals surface area contributed by atoms with Gasteiger partial charge in [-0.2, -0.15) is 0 Å². The van der Waals surface area contributed by atoms with Crippen molar-refractivity contribution in [1.82, 2.24) is 14.9 Å². The Morgan fingerprint density at radius 3 is 2.78 bits per heavy atom. The van der Waals surface area contributed by atoms with Crippen molar-refractivity contribution < 1.29 is 9.53 Å². The van der Waals surface area contributed by atoms with Crippen molar-refractivity contribution in [2.75, 3.05) is 26.0 Å². The number of likely N-dealkylation sites (N-methyl/N-ethyl adjacent to an activating group) is 1. The molecule has 2 aromatic rings. The van der Waals surface area contributed by atoms with E-state index in [4.69, 9.17) is 16.3 Å². The number of thioether (sulfide) groups is 1. The van der Waals surface area contributed by atoms with Gasteiger partial charge in [0.1, 0.15) is 12.4 Å². The molecular weight excluding hydrogens is 338 g/mol. The van der Waals surface area contributed by atoms with Gasteiger partial charge < -0.3 is 14.6 Å². The predicted molar refractivity (Wildman–Crippen MR) is 90.2 cm³/mol. The monoisotopic (exact) mass is 353 g/mol. The molecule has 6 nitrogen and oxygen atoms in total. The summed E-state index contributed by atoms with van der Waals surface area (Å²) in [5.41, 5.74) is -0.236. The molecule has 0 unspecified atom stereocenters. The molecule has 0 saturated carbocycles. The molecule has 23 heavy (non-hydrogen) atoms. The van der Waals surface area contributed by atoms with Gasteiger partial charge in [-0.25, -0.2) is 4.98 Å². The number of halogens is 1. The van der Waals surface area contributed by atoms with E-state index in [2.05, 4.69) is 9.97 Å². The highest BCUT2D eigenvalue weighted by Gasteiger charge is 2.10. The number of hydrogen-bond donors (Lipinski definition) is 1. The standard InChI is InChI=1S/C15H16ClN3O3S/c1-19(8-9-22-12-4-2-11(16)3-5-12)14(21)10-23-15-17-7-6-13(20)18-15/h2-7H,8-10H2,1H3,(H,17,18,20). The van der Waals surface area contributed by atoms with Gasteiger partial charge in [-0.3, -0.25) is 9.59 Å². The molecule has 0 fully saturated rings. The van der Waals surface area contributed by atoms with Crippen LogP contribution in [0.1, 0.15) is 0 Å². The van der Waals surface area contributed by atoms with Crippen LogP contribution in [0.5, 0.6) is 5.75 Å². The first-order valence-corrected chi connectivity index (χ1v) is 8.21. The highest BCUT2D eigenvalue weighted by Crippen LogP contribution is 2.15. The molecule has 0 radical (unpaired) electrons. The molecule has 1 N–H and O–H groups in total. The SMILES string of the molecule is CN(CCOc1ccc(Cl)cc1)C(=O)CSc1nccc(=O)[nH]1. The van der Waals surface area contributed by atoms with Crippen molar-refractivity contribution in [3.63, 3.8) is 0 Å². The van der Waals surface area contributed by atoms with Gasteiger partial charge in [0.15, 0.2) is 5.16 Å². The van der Waals surface area contributed by atoms with Gasteiger partial charge in [0, 0.05) is 24.3 Å². The van der Waals surface area contributed by atoms with Crippen LogP contribution >= 0.6 is 23.4 Å². The van der Waals surface area contributed by atoms with E-state index in [-0.39, 0.29) is 17.2 Å². The maximum absolute atomic E-state index is 12.0. The number of carbonyl (C=O) groups is 1. The van der Waals surface area contributed by atoms with Crippen molar-refractivity contribution in [3.05, 3.63) is 51.9 Å². The van der Waals surface area contributed by atoms with Gasteiger partial charge >= 0.3 is 0 Å². The summed E-state index contributed by atoms with van der Waals surface area (Å²) >= 11 is 6.98. The molecular formula is C15H16ClN3O3S. The zero-order valence-electron chi connectivity index (χ0n) is 12.5. The van der Waals surface area contributed by atoms with Gasteiger partial charge in [-0.15, -0.1) is 0 Å². The fraction of sp³-hybridized carbons (Fsp3) is 0.267. The zero-order chi connectivity index (χ0) is 16.7. The molecule has 0 aliphatic carbocycles. The molecule has 1 heterocycles. The fourth-order valence-corrected chi connectivity index (χ4v) is 2.54. The largest absolute Gasteiger partial charge is 0.492 e. The van der Waals surface area contributed by atoms with Gasteiger partial charge in [0.25, 0.3) is 5.56 Å². The van der Waals surface area contributed by atoms with Crippen molar-refractivity contribution in [3.8, 4) is 5.75 Å². The first-order chi connectivity index (χ1) is 11.0. The van der Waals surface area contributed by atoms with Crippen LogP contribution < -0.4 is 10.3 Å². The van der Waals surface area contributed by atoms with Crippen molar-refractivity contribution in [1.29, 1.82) is 0 Å². The number of benzene rings is 1. The number of H-pyrrole nitrogens is 1. The summed E-state index contributed by atoms with van der Waals surface area (Å²) in [6.07, 6.45) is 1.41. The van der Waals surface area contributed by atoms with E-state index in [1.165, 1.54) is 24.0 Å². The number of carbonyl (C=O) groups excluding carboxylic acids is 1. The molecule has 122 valence electrons. The molecule has 0 aliphatic rings. The number of ether oxygens (including phenoxy) is 1. The molecule has 0 bridgehead atoms. The van der Waals surface area contributed by atoms with Crippen LogP contribution in [-0.2, 0) is 4.79 Å². The van der Waals surface area contributed by atoms with E-state index >= 15 is 0 Å². The first-order valence-electron chi connectivity index (χ1n) is 6.85. The minimum atomic E-state index is -0.236. The quantitative estimate of drug-likeness (QED) is 0.609. The second kappa shape index (κ2) is 8.59. The van der Waals surface area contributed by atoms with E-state index < -0.39 is 0 Å². The van der Waals surface area contributed by atoms with Crippen molar-refractivity contribution in [2.45, 2.75) is 5.16 Å². The summed E-state index contributed by atoms with van der Waals surface area (Å²) in [6, 6.07) is 8.37. The minimum Gasteiger partial charge on any atom is -0.492 e. The molecule has 0 atom stereocenters. The van der Waals surface area contributed by atoms with Crippen LogP contribution in [0, 0.1) is 0 Å². The summed E-state index contributed by atoms with van der Waals surface area (Å²) in [7, 11) is 1.70. The molecule has 2 rings (SSSR count). The Morgan fingerprint density at radius 2 is 2.09 bits per heavy atom. The topological polar surface area (TPSA) is 75.3 Å². The van der Waals surface area contributed by atoms with E-state index in [0.29, 0.717) is 29.1 Å². The number of aromatic nitrogens is 2. The Bertz CT molecular complexity index is 706. The molecule has 0 saturated heterocycles. The van der Waals surface area contributed by atoms with Gasteiger partial charge in [0.2, 0.25) is 5.91 Å². The molecule has 1 aromatic heterocycles. The van der Waals surface area contributed by atoms with Crippen LogP contribution in [-0.4, -0.2) is 46.7 Å². The maximum Gasteiger partial charge on any atom is 0.251 e. The Balaban J connectivity index is 1.72. The number of hydrogen-bond acceptors (Lipinski definition) is 5. The maximum atomic E-state index is 12.0. The van der Waals surface area contributed by atoms with Gasteiger partial charge in [-0.1, -0.05) is 23.4 Å². The predicted octanol–water partition coefficient (Wildman–Crippen LogP) is 2.05. The van der Waals surface area contributed by atoms with Crippen molar-refractivity contribution >= 4 is 29.3 Å². The summed E-state index contributed by atoms with van der Waals surface area (Å²) in [5.74, 6) is 0.835. The molecule has 1 amide bonds. The summed E-state index contributed by atoms with van der Waals surface area (Å²) in [6.45, 7) is 0.843. The minimum absolute atomic E-state index is 0.0683. The molecule has 0 aliphatic heterocycles. The zero-order valence-corrected chi connectivity index (χ0v) is 14.1. The smallest absolute Gasteiger partial charge is 0.251 e. The fourth-order valence-electron chi connectivity index (χ4n) is 1.62.